The first-order valence-electron chi connectivity index (χ1n) is 7.54. The lowest BCUT2D eigenvalue weighted by Crippen LogP contribution is -2.47. The summed E-state index contributed by atoms with van der Waals surface area (Å²) in [6.07, 6.45) is 8.35. The fourth-order valence-electron chi connectivity index (χ4n) is 3.04. The molecular formula is C14H29N3. The summed E-state index contributed by atoms with van der Waals surface area (Å²) in [7, 11) is 0. The third-order valence-electron chi connectivity index (χ3n) is 4.11. The monoisotopic (exact) mass is 239 g/mol. The molecule has 17 heavy (non-hydrogen) atoms. The molecule has 2 aliphatic heterocycles. The maximum atomic E-state index is 3.70. The summed E-state index contributed by atoms with van der Waals surface area (Å²) in [6, 6.07) is 1.35. The summed E-state index contributed by atoms with van der Waals surface area (Å²) < 4.78 is 0. The SMILES string of the molecule is CC(CN1CCCCC1)NCC1CCCCN1. The zero-order chi connectivity index (χ0) is 11.9. The number of nitrogens with zero attached hydrogens (tertiary/aromatic N) is 1. The van der Waals surface area contributed by atoms with Gasteiger partial charge in [0.2, 0.25) is 0 Å². The average Bonchev–Trinajstić information content (AvgIpc) is 2.39. The van der Waals surface area contributed by atoms with Crippen molar-refractivity contribution in [3.63, 3.8) is 0 Å². The Kier molecular flexibility index (Phi) is 5.75. The maximum absolute atomic E-state index is 3.70. The van der Waals surface area contributed by atoms with Crippen molar-refractivity contribution in [2.75, 3.05) is 32.7 Å². The molecule has 2 heterocycles. The molecule has 0 saturated carbocycles. The number of hydrogen-bond acceptors (Lipinski definition) is 3. The molecule has 100 valence electrons. The molecule has 2 atom stereocenters. The molecule has 3 nitrogen and oxygen atoms in total. The molecule has 0 aromatic rings. The lowest BCUT2D eigenvalue weighted by Gasteiger charge is -2.31. The minimum Gasteiger partial charge on any atom is -0.313 e. The topological polar surface area (TPSA) is 27.3 Å². The van der Waals surface area contributed by atoms with Crippen LogP contribution >= 0.6 is 0 Å². The van der Waals surface area contributed by atoms with E-state index in [-0.39, 0.29) is 0 Å². The standard InChI is InChI=1S/C14H29N3/c1-13(12-17-9-5-2-6-10-17)16-11-14-7-3-4-8-15-14/h13-16H,2-12H2,1H3. The third kappa shape index (κ3) is 4.94. The van der Waals surface area contributed by atoms with Crippen LogP contribution in [0.5, 0.6) is 0 Å². The second-order valence-corrected chi connectivity index (χ2v) is 5.82. The van der Waals surface area contributed by atoms with Gasteiger partial charge in [-0.2, -0.15) is 0 Å². The van der Waals surface area contributed by atoms with Crippen LogP contribution in [0.4, 0.5) is 0 Å². The van der Waals surface area contributed by atoms with Gasteiger partial charge in [0.15, 0.2) is 0 Å². The molecule has 2 fully saturated rings. The predicted octanol–water partition coefficient (Wildman–Crippen LogP) is 1.59. The fraction of sp³-hybridized carbons (Fsp3) is 1.00. The van der Waals surface area contributed by atoms with Gasteiger partial charge in [-0.15, -0.1) is 0 Å². The van der Waals surface area contributed by atoms with E-state index >= 15 is 0 Å². The minimum atomic E-state index is 0.636. The van der Waals surface area contributed by atoms with Crippen LogP contribution in [0.3, 0.4) is 0 Å². The Morgan fingerprint density at radius 3 is 2.71 bits per heavy atom. The molecule has 0 radical (unpaired) electrons. The molecule has 2 rings (SSSR count). The average molecular weight is 239 g/mol. The summed E-state index contributed by atoms with van der Waals surface area (Å²) in [4.78, 5) is 2.62. The largest absolute Gasteiger partial charge is 0.313 e. The molecule has 0 spiro atoms. The normalized spacial score (nSPS) is 29.1. The predicted molar refractivity (Wildman–Crippen MR) is 73.4 cm³/mol. The van der Waals surface area contributed by atoms with Crippen molar-refractivity contribution in [1.29, 1.82) is 0 Å². The molecule has 2 unspecified atom stereocenters. The Labute approximate surface area is 106 Å². The first kappa shape index (κ1) is 13.3. The van der Waals surface area contributed by atoms with E-state index in [0.717, 1.165) is 6.54 Å². The molecular weight excluding hydrogens is 210 g/mol. The fourth-order valence-corrected chi connectivity index (χ4v) is 3.04. The molecule has 0 aromatic carbocycles. The zero-order valence-corrected chi connectivity index (χ0v) is 11.4. The van der Waals surface area contributed by atoms with E-state index in [9.17, 15) is 0 Å². The van der Waals surface area contributed by atoms with Crippen LogP contribution in [0.2, 0.25) is 0 Å². The molecule has 3 heteroatoms. The van der Waals surface area contributed by atoms with Gasteiger partial charge in [0.25, 0.3) is 0 Å². The number of hydrogen-bond donors (Lipinski definition) is 2. The van der Waals surface area contributed by atoms with Gasteiger partial charge in [-0.05, 0) is 52.2 Å². The summed E-state index contributed by atoms with van der Waals surface area (Å²) in [5.41, 5.74) is 0. The van der Waals surface area contributed by atoms with Crippen LogP contribution in [0, 0.1) is 0 Å². The van der Waals surface area contributed by atoms with Crippen molar-refractivity contribution < 1.29 is 0 Å². The highest BCUT2D eigenvalue weighted by atomic mass is 15.2. The van der Waals surface area contributed by atoms with Crippen molar-refractivity contribution in [3.8, 4) is 0 Å². The Morgan fingerprint density at radius 2 is 2.00 bits per heavy atom. The highest BCUT2D eigenvalue weighted by molar-refractivity contribution is 4.77. The van der Waals surface area contributed by atoms with E-state index in [1.807, 2.05) is 0 Å². The van der Waals surface area contributed by atoms with Gasteiger partial charge in [0.1, 0.15) is 0 Å². The van der Waals surface area contributed by atoms with E-state index < -0.39 is 0 Å². The first-order chi connectivity index (χ1) is 8.34. The Hall–Kier alpha value is -0.120. The second-order valence-electron chi connectivity index (χ2n) is 5.82. The molecule has 0 aliphatic carbocycles. The van der Waals surface area contributed by atoms with Crippen LogP contribution < -0.4 is 10.6 Å². The van der Waals surface area contributed by atoms with Crippen molar-refractivity contribution in [1.82, 2.24) is 15.5 Å². The Morgan fingerprint density at radius 1 is 1.18 bits per heavy atom. The number of nitrogens with one attached hydrogen (secondary N) is 2. The minimum absolute atomic E-state index is 0.636. The highest BCUT2D eigenvalue weighted by Gasteiger charge is 2.16. The third-order valence-corrected chi connectivity index (χ3v) is 4.11. The maximum Gasteiger partial charge on any atom is 0.0192 e. The summed E-state index contributed by atoms with van der Waals surface area (Å²) in [5.74, 6) is 0. The molecule has 2 N–H and O–H groups in total. The van der Waals surface area contributed by atoms with Gasteiger partial charge in [0.05, 0.1) is 0 Å². The second kappa shape index (κ2) is 7.34. The van der Waals surface area contributed by atoms with Gasteiger partial charge < -0.3 is 15.5 Å². The number of rotatable bonds is 5. The van der Waals surface area contributed by atoms with Gasteiger partial charge in [-0.25, -0.2) is 0 Å². The number of piperidine rings is 2. The molecule has 0 amide bonds. The van der Waals surface area contributed by atoms with Gasteiger partial charge in [-0.1, -0.05) is 12.8 Å². The van der Waals surface area contributed by atoms with Crippen LogP contribution in [0.1, 0.15) is 45.4 Å². The summed E-state index contributed by atoms with van der Waals surface area (Å²) in [5, 5.41) is 7.30. The van der Waals surface area contributed by atoms with Crippen molar-refractivity contribution in [2.24, 2.45) is 0 Å². The van der Waals surface area contributed by atoms with Crippen molar-refractivity contribution in [3.05, 3.63) is 0 Å². The smallest absolute Gasteiger partial charge is 0.0192 e. The highest BCUT2D eigenvalue weighted by Crippen LogP contribution is 2.09. The Bertz CT molecular complexity index is 196. The van der Waals surface area contributed by atoms with Crippen molar-refractivity contribution >= 4 is 0 Å². The number of likely N-dealkylation sites (tertiary alicyclic amines) is 1. The molecule has 2 saturated heterocycles. The van der Waals surface area contributed by atoms with Crippen LogP contribution in [0.15, 0.2) is 0 Å². The zero-order valence-electron chi connectivity index (χ0n) is 11.4. The first-order valence-corrected chi connectivity index (χ1v) is 7.54. The molecule has 2 aliphatic rings. The summed E-state index contributed by atoms with van der Waals surface area (Å²) in [6.45, 7) is 8.55. The van der Waals surface area contributed by atoms with E-state index in [4.69, 9.17) is 0 Å². The molecule has 0 bridgehead atoms. The van der Waals surface area contributed by atoms with Crippen LogP contribution in [-0.4, -0.2) is 49.7 Å². The lowest BCUT2D eigenvalue weighted by molar-refractivity contribution is 0.206. The van der Waals surface area contributed by atoms with E-state index in [1.54, 1.807) is 0 Å². The van der Waals surface area contributed by atoms with Gasteiger partial charge >= 0.3 is 0 Å². The van der Waals surface area contributed by atoms with E-state index in [2.05, 4.69) is 22.5 Å². The van der Waals surface area contributed by atoms with Gasteiger partial charge in [-0.3, -0.25) is 0 Å². The van der Waals surface area contributed by atoms with Crippen LogP contribution in [0.25, 0.3) is 0 Å². The quantitative estimate of drug-likeness (QED) is 0.763. The lowest BCUT2D eigenvalue weighted by atomic mass is 10.0. The van der Waals surface area contributed by atoms with Crippen LogP contribution in [-0.2, 0) is 0 Å². The van der Waals surface area contributed by atoms with Crippen molar-refractivity contribution in [2.45, 2.75) is 57.5 Å². The molecule has 0 aromatic heterocycles. The summed E-state index contributed by atoms with van der Waals surface area (Å²) >= 11 is 0. The van der Waals surface area contributed by atoms with E-state index in [1.165, 1.54) is 64.7 Å². The van der Waals surface area contributed by atoms with E-state index in [0.29, 0.717) is 12.1 Å². The Balaban J connectivity index is 1.57. The van der Waals surface area contributed by atoms with Gasteiger partial charge in [0, 0.05) is 25.2 Å².